The normalized spacial score (nSPS) is 11.9. The Bertz CT molecular complexity index is 423. The summed E-state index contributed by atoms with van der Waals surface area (Å²) in [7, 11) is 3.03. The molecule has 0 radical (unpaired) electrons. The largest absolute Gasteiger partial charge is 0.504 e. The number of rotatable bonds is 7. The molecule has 1 aromatic carbocycles. The van der Waals surface area contributed by atoms with Crippen LogP contribution in [0.3, 0.4) is 0 Å². The van der Waals surface area contributed by atoms with Crippen molar-refractivity contribution in [2.75, 3.05) is 27.4 Å². The number of phenols is 1. The van der Waals surface area contributed by atoms with Crippen molar-refractivity contribution in [3.8, 4) is 11.5 Å². The fourth-order valence-corrected chi connectivity index (χ4v) is 1.60. The maximum Gasteiger partial charge on any atom is 0.251 e. The van der Waals surface area contributed by atoms with Crippen molar-refractivity contribution < 1.29 is 19.4 Å². The average molecular weight is 268 g/mol. The number of ether oxygens (including phenoxy) is 2. The van der Waals surface area contributed by atoms with Gasteiger partial charge in [-0.2, -0.15) is 0 Å². The predicted octanol–water partition coefficient (Wildman–Crippen LogP) is 0.494. The highest BCUT2D eigenvalue weighted by Crippen LogP contribution is 2.25. The Balaban J connectivity index is 2.47. The lowest BCUT2D eigenvalue weighted by Crippen LogP contribution is -2.32. The van der Waals surface area contributed by atoms with E-state index in [-0.39, 0.29) is 17.7 Å². The molecule has 0 heterocycles. The average Bonchev–Trinajstić information content (AvgIpc) is 2.38. The lowest BCUT2D eigenvalue weighted by molar-refractivity contribution is 0.0949. The molecule has 0 aliphatic heterocycles. The molecule has 1 atom stereocenters. The number of nitrogens with one attached hydrogen (secondary N) is 1. The Labute approximate surface area is 112 Å². The molecule has 1 unspecified atom stereocenters. The first-order valence-electron chi connectivity index (χ1n) is 5.98. The fourth-order valence-electron chi connectivity index (χ4n) is 1.60. The summed E-state index contributed by atoms with van der Waals surface area (Å²) >= 11 is 0. The van der Waals surface area contributed by atoms with Crippen molar-refractivity contribution in [2.45, 2.75) is 12.5 Å². The molecule has 0 saturated heterocycles. The van der Waals surface area contributed by atoms with Crippen molar-refractivity contribution in [3.63, 3.8) is 0 Å². The van der Waals surface area contributed by atoms with E-state index in [0.717, 1.165) is 0 Å². The van der Waals surface area contributed by atoms with Gasteiger partial charge >= 0.3 is 0 Å². The number of methoxy groups -OCH3 is 2. The zero-order chi connectivity index (χ0) is 14.3. The van der Waals surface area contributed by atoms with Gasteiger partial charge in [0.25, 0.3) is 5.91 Å². The van der Waals surface area contributed by atoms with Crippen LogP contribution in [-0.4, -0.2) is 44.4 Å². The molecule has 4 N–H and O–H groups in total. The van der Waals surface area contributed by atoms with Gasteiger partial charge in [-0.25, -0.2) is 0 Å². The van der Waals surface area contributed by atoms with E-state index >= 15 is 0 Å². The zero-order valence-corrected chi connectivity index (χ0v) is 11.2. The van der Waals surface area contributed by atoms with Gasteiger partial charge in [-0.15, -0.1) is 0 Å². The molecule has 1 amide bonds. The third kappa shape index (κ3) is 4.76. The molecule has 19 heavy (non-hydrogen) atoms. The van der Waals surface area contributed by atoms with E-state index in [1.165, 1.54) is 13.2 Å². The number of hydrogen-bond acceptors (Lipinski definition) is 5. The summed E-state index contributed by atoms with van der Waals surface area (Å²) in [6, 6.07) is 4.39. The number of phenolic OH excluding ortho intramolecular Hbond substituents is 1. The molecule has 6 nitrogen and oxygen atoms in total. The van der Waals surface area contributed by atoms with E-state index in [1.807, 2.05) is 0 Å². The standard InChI is InChI=1S/C13H20N2O4/c1-18-8-10(14)5-6-15-13(17)9-3-4-12(19-2)11(16)7-9/h3-4,7,10,16H,5-6,8,14H2,1-2H3,(H,15,17). The summed E-state index contributed by atoms with van der Waals surface area (Å²) in [5, 5.41) is 12.3. The Morgan fingerprint density at radius 3 is 2.79 bits per heavy atom. The summed E-state index contributed by atoms with van der Waals surface area (Å²) in [6.07, 6.45) is 0.627. The quantitative estimate of drug-likeness (QED) is 0.669. The van der Waals surface area contributed by atoms with Gasteiger partial charge in [0.15, 0.2) is 11.5 Å². The van der Waals surface area contributed by atoms with Crippen LogP contribution in [0.1, 0.15) is 16.8 Å². The second-order valence-corrected chi connectivity index (χ2v) is 4.15. The van der Waals surface area contributed by atoms with E-state index in [0.29, 0.717) is 30.9 Å². The molecule has 1 aromatic rings. The number of carbonyl (C=O) groups is 1. The highest BCUT2D eigenvalue weighted by molar-refractivity contribution is 5.94. The van der Waals surface area contributed by atoms with E-state index in [4.69, 9.17) is 15.2 Å². The van der Waals surface area contributed by atoms with Crippen LogP contribution >= 0.6 is 0 Å². The lowest BCUT2D eigenvalue weighted by atomic mass is 10.2. The third-order valence-corrected chi connectivity index (χ3v) is 2.62. The molecule has 0 aliphatic carbocycles. The first kappa shape index (κ1) is 15.3. The number of aromatic hydroxyl groups is 1. The smallest absolute Gasteiger partial charge is 0.251 e. The second-order valence-electron chi connectivity index (χ2n) is 4.15. The monoisotopic (exact) mass is 268 g/mol. The van der Waals surface area contributed by atoms with E-state index in [2.05, 4.69) is 5.32 Å². The summed E-state index contributed by atoms with van der Waals surface area (Å²) in [5.74, 6) is 0.00692. The van der Waals surface area contributed by atoms with E-state index in [9.17, 15) is 9.90 Å². The second kappa shape index (κ2) is 7.60. The van der Waals surface area contributed by atoms with Gasteiger partial charge in [-0.3, -0.25) is 4.79 Å². The van der Waals surface area contributed by atoms with Gasteiger partial charge in [0.2, 0.25) is 0 Å². The topological polar surface area (TPSA) is 93.8 Å². The van der Waals surface area contributed by atoms with Crippen LogP contribution < -0.4 is 15.8 Å². The molecule has 0 aliphatic rings. The number of nitrogens with two attached hydrogens (primary N) is 1. The molecule has 0 aromatic heterocycles. The molecule has 0 saturated carbocycles. The summed E-state index contributed by atoms with van der Waals surface area (Å²) < 4.78 is 9.81. The van der Waals surface area contributed by atoms with Crippen molar-refractivity contribution in [2.24, 2.45) is 5.73 Å². The summed E-state index contributed by atoms with van der Waals surface area (Å²) in [6.45, 7) is 0.912. The number of benzene rings is 1. The van der Waals surface area contributed by atoms with E-state index in [1.54, 1.807) is 19.2 Å². The van der Waals surface area contributed by atoms with Gasteiger partial charge in [-0.1, -0.05) is 0 Å². The molecule has 0 spiro atoms. The first-order chi connectivity index (χ1) is 9.08. The molecular weight excluding hydrogens is 248 g/mol. The van der Waals surface area contributed by atoms with Crippen molar-refractivity contribution in [1.82, 2.24) is 5.32 Å². The molecular formula is C13H20N2O4. The zero-order valence-electron chi connectivity index (χ0n) is 11.2. The number of carbonyl (C=O) groups excluding carboxylic acids is 1. The molecule has 106 valence electrons. The van der Waals surface area contributed by atoms with Crippen molar-refractivity contribution in [1.29, 1.82) is 0 Å². The highest BCUT2D eigenvalue weighted by atomic mass is 16.5. The van der Waals surface area contributed by atoms with Crippen LogP contribution in [0.2, 0.25) is 0 Å². The fraction of sp³-hybridized carbons (Fsp3) is 0.462. The van der Waals surface area contributed by atoms with Crippen LogP contribution in [0.25, 0.3) is 0 Å². The van der Waals surface area contributed by atoms with Crippen LogP contribution in [-0.2, 0) is 4.74 Å². The number of hydrogen-bond donors (Lipinski definition) is 3. The summed E-state index contributed by atoms with van der Waals surface area (Å²) in [4.78, 5) is 11.8. The van der Waals surface area contributed by atoms with Crippen LogP contribution in [0.4, 0.5) is 0 Å². The Kier molecular flexibility index (Phi) is 6.11. The van der Waals surface area contributed by atoms with Gasteiger partial charge in [0, 0.05) is 25.3 Å². The van der Waals surface area contributed by atoms with Gasteiger partial charge in [-0.05, 0) is 24.6 Å². The third-order valence-electron chi connectivity index (χ3n) is 2.62. The minimum atomic E-state index is -0.262. The Morgan fingerprint density at radius 2 is 2.21 bits per heavy atom. The van der Waals surface area contributed by atoms with Crippen LogP contribution in [0.5, 0.6) is 11.5 Å². The first-order valence-corrected chi connectivity index (χ1v) is 5.98. The van der Waals surface area contributed by atoms with E-state index < -0.39 is 0 Å². The van der Waals surface area contributed by atoms with Gasteiger partial charge in [0.05, 0.1) is 13.7 Å². The SMILES string of the molecule is COCC(N)CCNC(=O)c1ccc(OC)c(O)c1. The number of amides is 1. The minimum Gasteiger partial charge on any atom is -0.504 e. The van der Waals surface area contributed by atoms with Gasteiger partial charge < -0.3 is 25.6 Å². The Hall–Kier alpha value is -1.79. The van der Waals surface area contributed by atoms with Gasteiger partial charge in [0.1, 0.15) is 0 Å². The Morgan fingerprint density at radius 1 is 1.47 bits per heavy atom. The summed E-state index contributed by atoms with van der Waals surface area (Å²) in [5.41, 5.74) is 6.11. The molecule has 0 bridgehead atoms. The molecule has 0 fully saturated rings. The van der Waals surface area contributed by atoms with Crippen molar-refractivity contribution >= 4 is 5.91 Å². The highest BCUT2D eigenvalue weighted by Gasteiger charge is 2.09. The maximum absolute atomic E-state index is 11.8. The lowest BCUT2D eigenvalue weighted by Gasteiger charge is -2.11. The minimum absolute atomic E-state index is 0.0637. The van der Waals surface area contributed by atoms with Crippen LogP contribution in [0.15, 0.2) is 18.2 Å². The maximum atomic E-state index is 11.8. The van der Waals surface area contributed by atoms with Crippen molar-refractivity contribution in [3.05, 3.63) is 23.8 Å². The molecule has 6 heteroatoms. The molecule has 1 rings (SSSR count). The van der Waals surface area contributed by atoms with Crippen LogP contribution in [0, 0.1) is 0 Å². The predicted molar refractivity (Wildman–Crippen MR) is 71.5 cm³/mol.